The van der Waals surface area contributed by atoms with Gasteiger partial charge in [0.15, 0.2) is 0 Å². The second kappa shape index (κ2) is 6.88. The van der Waals surface area contributed by atoms with Gasteiger partial charge in [-0.3, -0.25) is 19.7 Å². The fraction of sp³-hybridized carbons (Fsp3) is 0.474. The highest BCUT2D eigenvalue weighted by molar-refractivity contribution is 5.92. The van der Waals surface area contributed by atoms with Gasteiger partial charge in [0.1, 0.15) is 5.69 Å². The molecule has 0 bridgehead atoms. The van der Waals surface area contributed by atoms with E-state index in [0.717, 1.165) is 44.6 Å². The van der Waals surface area contributed by atoms with Crippen molar-refractivity contribution in [1.29, 1.82) is 0 Å². The highest BCUT2D eigenvalue weighted by Crippen LogP contribution is 2.49. The number of piperidine rings is 1. The number of carbonyl (C=O) groups excluding carboxylic acids is 1. The SMILES string of the molecule is O=C(N[C@@H]1CCC12CCN(Cc1ccccn1)CC2)c1cnccn1. The molecule has 2 aliphatic rings. The summed E-state index contributed by atoms with van der Waals surface area (Å²) in [5, 5.41) is 3.19. The molecule has 1 saturated heterocycles. The van der Waals surface area contributed by atoms with Gasteiger partial charge in [0.05, 0.1) is 11.9 Å². The van der Waals surface area contributed by atoms with Crippen molar-refractivity contribution >= 4 is 5.91 Å². The molecule has 4 rings (SSSR count). The number of rotatable bonds is 4. The van der Waals surface area contributed by atoms with Crippen LogP contribution in [0.1, 0.15) is 41.9 Å². The highest BCUT2D eigenvalue weighted by Gasteiger charge is 2.48. The van der Waals surface area contributed by atoms with E-state index >= 15 is 0 Å². The van der Waals surface area contributed by atoms with E-state index in [1.165, 1.54) is 12.6 Å². The molecule has 6 heteroatoms. The number of hydrogen-bond donors (Lipinski definition) is 1. The van der Waals surface area contributed by atoms with Crippen LogP contribution in [-0.4, -0.2) is 44.9 Å². The topological polar surface area (TPSA) is 71.0 Å². The van der Waals surface area contributed by atoms with Gasteiger partial charge in [-0.05, 0) is 56.3 Å². The summed E-state index contributed by atoms with van der Waals surface area (Å²) in [6.45, 7) is 3.04. The minimum absolute atomic E-state index is 0.104. The molecular weight excluding hydrogens is 314 g/mol. The first-order valence-corrected chi connectivity index (χ1v) is 8.94. The van der Waals surface area contributed by atoms with E-state index in [1.54, 1.807) is 12.4 Å². The minimum Gasteiger partial charge on any atom is -0.347 e. The number of likely N-dealkylation sites (tertiary alicyclic amines) is 1. The Morgan fingerprint density at radius 3 is 2.68 bits per heavy atom. The molecule has 1 amide bonds. The molecule has 6 nitrogen and oxygen atoms in total. The molecule has 1 N–H and O–H groups in total. The fourth-order valence-electron chi connectivity index (χ4n) is 4.05. The third kappa shape index (κ3) is 3.39. The quantitative estimate of drug-likeness (QED) is 0.924. The van der Waals surface area contributed by atoms with E-state index in [2.05, 4.69) is 31.2 Å². The predicted molar refractivity (Wildman–Crippen MR) is 93.7 cm³/mol. The Balaban J connectivity index is 1.32. The van der Waals surface area contributed by atoms with E-state index in [-0.39, 0.29) is 17.4 Å². The molecule has 1 aliphatic carbocycles. The van der Waals surface area contributed by atoms with Crippen molar-refractivity contribution in [2.75, 3.05) is 13.1 Å². The van der Waals surface area contributed by atoms with Gasteiger partial charge < -0.3 is 5.32 Å². The van der Waals surface area contributed by atoms with E-state index in [1.807, 2.05) is 18.3 Å². The van der Waals surface area contributed by atoms with Crippen LogP contribution in [0.2, 0.25) is 0 Å². The van der Waals surface area contributed by atoms with Crippen LogP contribution >= 0.6 is 0 Å². The van der Waals surface area contributed by atoms with Crippen molar-refractivity contribution in [1.82, 2.24) is 25.2 Å². The zero-order valence-electron chi connectivity index (χ0n) is 14.3. The summed E-state index contributed by atoms with van der Waals surface area (Å²) in [7, 11) is 0. The lowest BCUT2D eigenvalue weighted by Crippen LogP contribution is -2.59. The first kappa shape index (κ1) is 16.1. The largest absolute Gasteiger partial charge is 0.347 e. The van der Waals surface area contributed by atoms with Crippen LogP contribution in [-0.2, 0) is 6.54 Å². The van der Waals surface area contributed by atoms with Crippen molar-refractivity contribution in [2.24, 2.45) is 5.41 Å². The highest BCUT2D eigenvalue weighted by atomic mass is 16.2. The number of amides is 1. The van der Waals surface area contributed by atoms with Crippen LogP contribution in [0.3, 0.4) is 0 Å². The molecule has 1 aliphatic heterocycles. The van der Waals surface area contributed by atoms with E-state index in [0.29, 0.717) is 5.69 Å². The Morgan fingerprint density at radius 1 is 1.16 bits per heavy atom. The summed E-state index contributed by atoms with van der Waals surface area (Å²) >= 11 is 0. The average molecular weight is 337 g/mol. The summed E-state index contributed by atoms with van der Waals surface area (Å²) in [4.78, 5) is 27.3. The Labute approximate surface area is 147 Å². The number of aromatic nitrogens is 3. The molecule has 0 aromatic carbocycles. The monoisotopic (exact) mass is 337 g/mol. The van der Waals surface area contributed by atoms with Gasteiger partial charge in [-0.25, -0.2) is 4.98 Å². The fourth-order valence-corrected chi connectivity index (χ4v) is 4.05. The minimum atomic E-state index is -0.104. The molecule has 0 unspecified atom stereocenters. The Kier molecular flexibility index (Phi) is 4.44. The second-order valence-corrected chi connectivity index (χ2v) is 7.11. The molecule has 25 heavy (non-hydrogen) atoms. The van der Waals surface area contributed by atoms with Crippen molar-refractivity contribution in [3.63, 3.8) is 0 Å². The summed E-state index contributed by atoms with van der Waals surface area (Å²) in [5.41, 5.74) is 1.79. The number of nitrogens with one attached hydrogen (secondary N) is 1. The van der Waals surface area contributed by atoms with Crippen LogP contribution in [0, 0.1) is 5.41 Å². The maximum Gasteiger partial charge on any atom is 0.271 e. The summed E-state index contributed by atoms with van der Waals surface area (Å²) < 4.78 is 0. The molecule has 0 radical (unpaired) electrons. The molecule has 3 heterocycles. The predicted octanol–water partition coefficient (Wildman–Crippen LogP) is 2.05. The summed E-state index contributed by atoms with van der Waals surface area (Å²) in [5.74, 6) is -0.104. The Hall–Kier alpha value is -2.34. The van der Waals surface area contributed by atoms with Gasteiger partial charge in [-0.2, -0.15) is 0 Å². The second-order valence-electron chi connectivity index (χ2n) is 7.11. The van der Waals surface area contributed by atoms with E-state index in [9.17, 15) is 4.79 Å². The van der Waals surface area contributed by atoms with Crippen LogP contribution in [0.5, 0.6) is 0 Å². The molecule has 2 aromatic rings. The van der Waals surface area contributed by atoms with Gasteiger partial charge in [-0.1, -0.05) is 6.07 Å². The molecule has 130 valence electrons. The first-order valence-electron chi connectivity index (χ1n) is 8.94. The van der Waals surface area contributed by atoms with E-state index < -0.39 is 0 Å². The number of carbonyl (C=O) groups is 1. The zero-order valence-corrected chi connectivity index (χ0v) is 14.3. The molecule has 1 atom stereocenters. The Morgan fingerprint density at radius 2 is 2.04 bits per heavy atom. The average Bonchev–Trinajstić information content (AvgIpc) is 2.67. The van der Waals surface area contributed by atoms with Crippen LogP contribution in [0.25, 0.3) is 0 Å². The van der Waals surface area contributed by atoms with Crippen molar-refractivity contribution in [3.05, 3.63) is 54.4 Å². The Bertz CT molecular complexity index is 713. The summed E-state index contributed by atoms with van der Waals surface area (Å²) in [6.07, 6.45) is 11.0. The van der Waals surface area contributed by atoms with Crippen LogP contribution < -0.4 is 5.32 Å². The van der Waals surface area contributed by atoms with Crippen LogP contribution in [0.4, 0.5) is 0 Å². The van der Waals surface area contributed by atoms with Gasteiger partial charge >= 0.3 is 0 Å². The van der Waals surface area contributed by atoms with Crippen molar-refractivity contribution in [2.45, 2.75) is 38.3 Å². The van der Waals surface area contributed by atoms with Crippen molar-refractivity contribution in [3.8, 4) is 0 Å². The lowest BCUT2D eigenvalue weighted by molar-refractivity contribution is -0.00746. The lowest BCUT2D eigenvalue weighted by atomic mass is 9.59. The van der Waals surface area contributed by atoms with Gasteiger partial charge in [0.2, 0.25) is 0 Å². The van der Waals surface area contributed by atoms with E-state index in [4.69, 9.17) is 0 Å². The normalized spacial score (nSPS) is 22.3. The third-order valence-corrected chi connectivity index (χ3v) is 5.73. The molecular formula is C19H23N5O. The van der Waals surface area contributed by atoms with Crippen LogP contribution in [0.15, 0.2) is 43.0 Å². The zero-order chi connectivity index (χ0) is 17.1. The molecule has 2 fully saturated rings. The third-order valence-electron chi connectivity index (χ3n) is 5.73. The molecule has 1 spiro atoms. The smallest absolute Gasteiger partial charge is 0.271 e. The number of hydrogen-bond acceptors (Lipinski definition) is 5. The molecule has 1 saturated carbocycles. The maximum absolute atomic E-state index is 12.3. The maximum atomic E-state index is 12.3. The van der Waals surface area contributed by atoms with Gasteiger partial charge in [0.25, 0.3) is 5.91 Å². The molecule has 2 aromatic heterocycles. The summed E-state index contributed by atoms with van der Waals surface area (Å²) in [6, 6.07) is 6.34. The standard InChI is InChI=1S/C19H23N5O/c25-18(16-13-20-9-10-22-16)23-17-4-5-19(17)6-11-24(12-7-19)14-15-3-1-2-8-21-15/h1-3,8-10,13,17H,4-7,11-12,14H2,(H,23,25)/t17-/m1/s1. The lowest BCUT2D eigenvalue weighted by Gasteiger charge is -2.54. The van der Waals surface area contributed by atoms with Gasteiger partial charge in [0, 0.05) is 31.2 Å². The van der Waals surface area contributed by atoms with Crippen molar-refractivity contribution < 1.29 is 4.79 Å². The van der Waals surface area contributed by atoms with Gasteiger partial charge in [-0.15, -0.1) is 0 Å². The first-order chi connectivity index (χ1) is 12.3. The number of pyridine rings is 1. The number of nitrogens with zero attached hydrogens (tertiary/aromatic N) is 4.